The van der Waals surface area contributed by atoms with E-state index in [-0.39, 0.29) is 38.0 Å². The number of nitrogens with zero attached hydrogens (tertiary/aromatic N) is 2. The third kappa shape index (κ3) is 9.07. The van der Waals surface area contributed by atoms with Gasteiger partial charge in [-0.25, -0.2) is 0 Å². The topological polar surface area (TPSA) is 56.4 Å². The molecule has 2 amide bonds. The smallest absolute Gasteiger partial charge is 0.361 e. The highest BCUT2D eigenvalue weighted by Crippen LogP contribution is 2.37. The number of H-pyrrole nitrogens is 1. The number of benzene rings is 3. The van der Waals surface area contributed by atoms with Gasteiger partial charge in [-0.1, -0.05) is 44.2 Å². The molecule has 3 aromatic carbocycles. The maximum Gasteiger partial charge on any atom is 0.416 e. The molecule has 252 valence electrons. The second-order valence-corrected chi connectivity index (χ2v) is 11.5. The lowest BCUT2D eigenvalue weighted by Gasteiger charge is -2.29. The number of fused-ring (bicyclic) bond motifs is 1. The first kappa shape index (κ1) is 35.4. The molecule has 0 radical (unpaired) electrons. The largest absolute Gasteiger partial charge is 0.416 e. The van der Waals surface area contributed by atoms with Gasteiger partial charge in [0.1, 0.15) is 6.54 Å². The molecule has 5 nitrogen and oxygen atoms in total. The third-order valence-corrected chi connectivity index (χ3v) is 7.37. The molecule has 0 atom stereocenters. The minimum absolute atomic E-state index is 0.0349. The predicted molar refractivity (Wildman–Crippen MR) is 156 cm³/mol. The van der Waals surface area contributed by atoms with Crippen molar-refractivity contribution in [2.45, 2.75) is 45.3 Å². The fourth-order valence-corrected chi connectivity index (χ4v) is 5.09. The van der Waals surface area contributed by atoms with Crippen molar-refractivity contribution in [3.63, 3.8) is 0 Å². The molecule has 4 aromatic rings. The lowest BCUT2D eigenvalue weighted by Crippen LogP contribution is -2.44. The number of hydrogen-bond acceptors (Lipinski definition) is 2. The summed E-state index contributed by atoms with van der Waals surface area (Å²) in [6.07, 6.45) is -12.9. The van der Waals surface area contributed by atoms with Crippen molar-refractivity contribution >= 4 is 22.7 Å². The minimum atomic E-state index is -5.18. The normalized spacial score (nSPS) is 12.5. The first-order valence-corrected chi connectivity index (χ1v) is 14.4. The van der Waals surface area contributed by atoms with Crippen LogP contribution in [0.3, 0.4) is 0 Å². The van der Waals surface area contributed by atoms with Gasteiger partial charge in [0.2, 0.25) is 5.91 Å². The van der Waals surface area contributed by atoms with Crippen LogP contribution in [0.15, 0.2) is 72.9 Å². The zero-order valence-corrected chi connectivity index (χ0v) is 25.2. The van der Waals surface area contributed by atoms with Crippen LogP contribution >= 0.6 is 0 Å². The van der Waals surface area contributed by atoms with Crippen molar-refractivity contribution < 1.29 is 49.1 Å². The molecule has 14 heteroatoms. The van der Waals surface area contributed by atoms with E-state index in [0.717, 1.165) is 33.5 Å². The molecule has 4 rings (SSSR count). The fourth-order valence-electron chi connectivity index (χ4n) is 5.09. The van der Waals surface area contributed by atoms with Crippen molar-refractivity contribution in [3.8, 4) is 0 Å². The Morgan fingerprint density at radius 2 is 1.32 bits per heavy atom. The van der Waals surface area contributed by atoms with E-state index in [1.807, 2.05) is 24.3 Å². The Bertz CT molecular complexity index is 1670. The van der Waals surface area contributed by atoms with Crippen molar-refractivity contribution in [1.82, 2.24) is 14.8 Å². The molecule has 47 heavy (non-hydrogen) atoms. The van der Waals surface area contributed by atoms with Crippen LogP contribution in [0.2, 0.25) is 0 Å². The van der Waals surface area contributed by atoms with Crippen LogP contribution < -0.4 is 0 Å². The van der Waals surface area contributed by atoms with Crippen LogP contribution in [-0.2, 0) is 36.3 Å². The maximum absolute atomic E-state index is 13.8. The molecule has 0 saturated heterocycles. The summed E-state index contributed by atoms with van der Waals surface area (Å²) < 4.78 is 120. The molecule has 1 N–H and O–H groups in total. The number of amides is 2. The van der Waals surface area contributed by atoms with Gasteiger partial charge in [0.05, 0.1) is 16.7 Å². The molecule has 1 aromatic heterocycles. The summed E-state index contributed by atoms with van der Waals surface area (Å²) in [4.78, 5) is 32.5. The van der Waals surface area contributed by atoms with Crippen LogP contribution in [0, 0.1) is 5.92 Å². The van der Waals surface area contributed by atoms with Crippen LogP contribution in [0.1, 0.15) is 52.0 Å². The third-order valence-electron chi connectivity index (χ3n) is 7.37. The second kappa shape index (κ2) is 13.7. The molecule has 0 aliphatic heterocycles. The number of hydrogen-bond donors (Lipinski definition) is 1. The number of aromatic amines is 1. The average molecular weight is 672 g/mol. The van der Waals surface area contributed by atoms with Gasteiger partial charge >= 0.3 is 18.5 Å². The Hall–Kier alpha value is -4.49. The molecule has 0 spiro atoms. The van der Waals surface area contributed by atoms with Gasteiger partial charge in [0.15, 0.2) is 0 Å². The summed E-state index contributed by atoms with van der Waals surface area (Å²) in [5, 5.41) is 0.871. The summed E-state index contributed by atoms with van der Waals surface area (Å²) in [5.41, 5.74) is -3.15. The van der Waals surface area contributed by atoms with E-state index < -0.39 is 59.1 Å². The van der Waals surface area contributed by atoms with Crippen molar-refractivity contribution in [3.05, 3.63) is 106 Å². The fraction of sp³-hybridized carbons (Fsp3) is 0.333. The Morgan fingerprint density at radius 1 is 0.745 bits per heavy atom. The van der Waals surface area contributed by atoms with Gasteiger partial charge < -0.3 is 14.8 Å². The van der Waals surface area contributed by atoms with Gasteiger partial charge in [-0.3, -0.25) is 9.59 Å². The summed E-state index contributed by atoms with van der Waals surface area (Å²) in [7, 11) is 0. The van der Waals surface area contributed by atoms with Crippen molar-refractivity contribution in [2.24, 2.45) is 5.92 Å². The Kier molecular flexibility index (Phi) is 10.3. The molecular formula is C33H30F9N3O2. The number of nitrogens with one attached hydrogen (secondary N) is 1. The van der Waals surface area contributed by atoms with Crippen molar-refractivity contribution in [1.29, 1.82) is 0 Å². The molecule has 0 aliphatic rings. The zero-order chi connectivity index (χ0) is 34.7. The van der Waals surface area contributed by atoms with Gasteiger partial charge in [0.25, 0.3) is 5.91 Å². The standard InChI is InChI=1S/C33H30F9N3O2/c1-20(2)17-45(30(47)23-13-25(32(37,38)39)15-26(14-23)33(40,41)42)19-29(46)44(18-21-7-9-24(10-8-21)31(34,35)36)12-11-22-16-43-28-6-4-3-5-27(22)28/h3-10,13-16,20,43H,11-12,17-19H2,1-2H3. The van der Waals surface area contributed by atoms with Crippen LogP contribution in [0.25, 0.3) is 10.9 Å². The summed E-state index contributed by atoms with van der Waals surface area (Å²) in [6.45, 7) is 2.27. The van der Waals surface area contributed by atoms with E-state index in [1.165, 1.54) is 17.0 Å². The summed E-state index contributed by atoms with van der Waals surface area (Å²) in [6, 6.07) is 12.0. The molecular weight excluding hydrogens is 641 g/mol. The monoisotopic (exact) mass is 671 g/mol. The Balaban J connectivity index is 1.65. The first-order valence-electron chi connectivity index (χ1n) is 14.4. The second-order valence-electron chi connectivity index (χ2n) is 11.5. The highest BCUT2D eigenvalue weighted by Gasteiger charge is 2.38. The van der Waals surface area contributed by atoms with Gasteiger partial charge in [-0.2, -0.15) is 39.5 Å². The number of carbonyl (C=O) groups is 2. The van der Waals surface area contributed by atoms with Crippen LogP contribution in [0.5, 0.6) is 0 Å². The molecule has 0 unspecified atom stereocenters. The number of aromatic nitrogens is 1. The minimum Gasteiger partial charge on any atom is -0.361 e. The lowest BCUT2D eigenvalue weighted by atomic mass is 10.0. The number of rotatable bonds is 10. The van der Waals surface area contributed by atoms with E-state index >= 15 is 0 Å². The van der Waals surface area contributed by atoms with E-state index in [4.69, 9.17) is 0 Å². The molecule has 0 bridgehead atoms. The van der Waals surface area contributed by atoms with E-state index in [9.17, 15) is 49.1 Å². The summed E-state index contributed by atoms with van der Waals surface area (Å²) >= 11 is 0. The maximum atomic E-state index is 13.8. The van der Waals surface area contributed by atoms with E-state index in [1.54, 1.807) is 20.0 Å². The zero-order valence-electron chi connectivity index (χ0n) is 25.2. The summed E-state index contributed by atoms with van der Waals surface area (Å²) in [5.74, 6) is -2.26. The molecule has 0 fully saturated rings. The number of para-hydroxylation sites is 1. The first-order chi connectivity index (χ1) is 21.8. The van der Waals surface area contributed by atoms with Crippen LogP contribution in [-0.4, -0.2) is 46.2 Å². The van der Waals surface area contributed by atoms with E-state index in [0.29, 0.717) is 17.7 Å². The predicted octanol–water partition coefficient (Wildman–Crippen LogP) is 8.59. The molecule has 0 saturated carbocycles. The highest BCUT2D eigenvalue weighted by molar-refractivity contribution is 5.97. The van der Waals surface area contributed by atoms with Crippen molar-refractivity contribution in [2.75, 3.05) is 19.6 Å². The Morgan fingerprint density at radius 3 is 1.87 bits per heavy atom. The number of alkyl halides is 9. The average Bonchev–Trinajstić information content (AvgIpc) is 3.40. The highest BCUT2D eigenvalue weighted by atomic mass is 19.4. The van der Waals surface area contributed by atoms with Gasteiger partial charge in [-0.05, 0) is 59.9 Å². The van der Waals surface area contributed by atoms with E-state index in [2.05, 4.69) is 4.98 Å². The number of carbonyl (C=O) groups excluding carboxylic acids is 2. The van der Waals surface area contributed by atoms with Gasteiger partial charge in [-0.15, -0.1) is 0 Å². The lowest BCUT2D eigenvalue weighted by molar-refractivity contribution is -0.143. The quantitative estimate of drug-likeness (QED) is 0.172. The Labute approximate surface area is 264 Å². The van der Waals surface area contributed by atoms with Gasteiger partial charge in [0, 0.05) is 42.3 Å². The SMILES string of the molecule is CC(C)CN(CC(=O)N(CCc1c[nH]c2ccccc12)Cc1ccc(C(F)(F)F)cc1)C(=O)c1cc(C(F)(F)F)cc(C(F)(F)F)c1. The molecule has 1 heterocycles. The van der Waals surface area contributed by atoms with Crippen LogP contribution in [0.4, 0.5) is 39.5 Å². The number of halogens is 9. The molecule has 0 aliphatic carbocycles.